The average Bonchev–Trinajstić information content (AvgIpc) is 2.07. The maximum atomic E-state index is 12.5. The van der Waals surface area contributed by atoms with Gasteiger partial charge in [-0.15, -0.1) is 0 Å². The molecule has 1 aromatic carbocycles. The second-order valence-electron chi connectivity index (χ2n) is 2.47. The van der Waals surface area contributed by atoms with Gasteiger partial charge in [0.25, 0.3) is 0 Å². The molecular weight excluding hydrogens is 202 g/mol. The van der Waals surface area contributed by atoms with E-state index < -0.39 is 17.6 Å². The first-order chi connectivity index (χ1) is 6.45. The molecule has 0 saturated heterocycles. The van der Waals surface area contributed by atoms with Crippen molar-refractivity contribution < 1.29 is 22.8 Å². The van der Waals surface area contributed by atoms with E-state index in [1.807, 2.05) is 0 Å². The van der Waals surface area contributed by atoms with Crippen molar-refractivity contribution in [2.45, 2.75) is 6.18 Å². The van der Waals surface area contributed by atoms with Gasteiger partial charge in [0.05, 0.1) is 11.8 Å². The van der Waals surface area contributed by atoms with Gasteiger partial charge in [-0.3, -0.25) is 0 Å². The third kappa shape index (κ3) is 2.21. The zero-order valence-corrected chi connectivity index (χ0v) is 6.72. The summed E-state index contributed by atoms with van der Waals surface area (Å²) in [5.41, 5.74) is -1.56. The molecular formula is C8H5F4NO. The Morgan fingerprint density at radius 2 is 1.93 bits per heavy atom. The molecule has 14 heavy (non-hydrogen) atoms. The van der Waals surface area contributed by atoms with Crippen LogP contribution in [0.5, 0.6) is 0 Å². The predicted octanol–water partition coefficient (Wildman–Crippen LogP) is 2.65. The Morgan fingerprint density at radius 1 is 1.29 bits per heavy atom. The van der Waals surface area contributed by atoms with Gasteiger partial charge >= 0.3 is 6.18 Å². The summed E-state index contributed by atoms with van der Waals surface area (Å²) >= 11 is 0. The number of nitrogens with zero attached hydrogens (tertiary/aromatic N) is 1. The highest BCUT2D eigenvalue weighted by Gasteiger charge is 2.33. The Morgan fingerprint density at radius 3 is 2.43 bits per heavy atom. The lowest BCUT2D eigenvalue weighted by molar-refractivity contribution is -0.137. The van der Waals surface area contributed by atoms with E-state index in [0.717, 1.165) is 12.1 Å². The van der Waals surface area contributed by atoms with Crippen LogP contribution in [0.15, 0.2) is 23.4 Å². The Hall–Kier alpha value is -1.59. The molecule has 0 bridgehead atoms. The van der Waals surface area contributed by atoms with Crippen molar-refractivity contribution in [3.8, 4) is 0 Å². The fourth-order valence-corrected chi connectivity index (χ4v) is 0.949. The number of rotatable bonds is 1. The second-order valence-corrected chi connectivity index (χ2v) is 2.47. The SMILES string of the molecule is O/N=C/c1ccc(F)cc1C(F)(F)F. The minimum absolute atomic E-state index is 0.344. The summed E-state index contributed by atoms with van der Waals surface area (Å²) in [5, 5.41) is 10.5. The largest absolute Gasteiger partial charge is 0.417 e. The highest BCUT2D eigenvalue weighted by molar-refractivity contribution is 5.81. The van der Waals surface area contributed by atoms with Crippen LogP contribution < -0.4 is 0 Å². The minimum atomic E-state index is -4.67. The summed E-state index contributed by atoms with van der Waals surface area (Å²) < 4.78 is 49.2. The van der Waals surface area contributed by atoms with Gasteiger partial charge in [0, 0.05) is 5.56 Å². The molecule has 0 fully saturated rings. The van der Waals surface area contributed by atoms with Crippen molar-refractivity contribution in [2.75, 3.05) is 0 Å². The average molecular weight is 207 g/mol. The first-order valence-electron chi connectivity index (χ1n) is 3.49. The van der Waals surface area contributed by atoms with E-state index in [-0.39, 0.29) is 5.56 Å². The van der Waals surface area contributed by atoms with Crippen LogP contribution in [0.3, 0.4) is 0 Å². The summed E-state index contributed by atoms with van der Waals surface area (Å²) in [6.45, 7) is 0. The van der Waals surface area contributed by atoms with Crippen LogP contribution >= 0.6 is 0 Å². The first kappa shape index (κ1) is 10.5. The molecule has 76 valence electrons. The molecule has 0 aliphatic heterocycles. The van der Waals surface area contributed by atoms with Crippen LogP contribution in [0.1, 0.15) is 11.1 Å². The smallest absolute Gasteiger partial charge is 0.411 e. The van der Waals surface area contributed by atoms with Crippen LogP contribution in [-0.2, 0) is 6.18 Å². The van der Waals surface area contributed by atoms with Crippen molar-refractivity contribution in [2.24, 2.45) is 5.16 Å². The molecule has 6 heteroatoms. The fraction of sp³-hybridized carbons (Fsp3) is 0.125. The van der Waals surface area contributed by atoms with E-state index in [1.54, 1.807) is 0 Å². The molecule has 0 aliphatic carbocycles. The number of benzene rings is 1. The van der Waals surface area contributed by atoms with Gasteiger partial charge in [0.1, 0.15) is 5.82 Å². The highest BCUT2D eigenvalue weighted by Crippen LogP contribution is 2.31. The summed E-state index contributed by atoms with van der Waals surface area (Å²) in [6.07, 6.45) is -4.07. The quantitative estimate of drug-likeness (QED) is 0.326. The van der Waals surface area contributed by atoms with Gasteiger partial charge < -0.3 is 5.21 Å². The van der Waals surface area contributed by atoms with Gasteiger partial charge in [-0.2, -0.15) is 13.2 Å². The van der Waals surface area contributed by atoms with Gasteiger partial charge in [0.15, 0.2) is 0 Å². The molecule has 1 aromatic rings. The Bertz CT molecular complexity index is 359. The van der Waals surface area contributed by atoms with E-state index in [9.17, 15) is 17.6 Å². The lowest BCUT2D eigenvalue weighted by Crippen LogP contribution is -2.09. The van der Waals surface area contributed by atoms with E-state index in [1.165, 1.54) is 0 Å². The molecule has 2 nitrogen and oxygen atoms in total. The molecule has 1 N–H and O–H groups in total. The number of halogens is 4. The van der Waals surface area contributed by atoms with Crippen molar-refractivity contribution in [1.82, 2.24) is 0 Å². The topological polar surface area (TPSA) is 32.6 Å². The summed E-state index contributed by atoms with van der Waals surface area (Å²) in [4.78, 5) is 0. The Balaban J connectivity index is 3.30. The fourth-order valence-electron chi connectivity index (χ4n) is 0.949. The van der Waals surface area contributed by atoms with Gasteiger partial charge in [-0.1, -0.05) is 5.16 Å². The zero-order valence-electron chi connectivity index (χ0n) is 6.72. The summed E-state index contributed by atoms with van der Waals surface area (Å²) in [7, 11) is 0. The molecule has 1 rings (SSSR count). The Kier molecular flexibility index (Phi) is 2.73. The lowest BCUT2D eigenvalue weighted by Gasteiger charge is -2.09. The normalized spacial score (nSPS) is 12.3. The number of hydrogen-bond acceptors (Lipinski definition) is 2. The molecule has 0 aromatic heterocycles. The van der Waals surface area contributed by atoms with Crippen LogP contribution in [0.2, 0.25) is 0 Å². The van der Waals surface area contributed by atoms with Crippen molar-refractivity contribution in [3.05, 3.63) is 35.1 Å². The van der Waals surface area contributed by atoms with Crippen molar-refractivity contribution in [3.63, 3.8) is 0 Å². The van der Waals surface area contributed by atoms with Crippen LogP contribution in [-0.4, -0.2) is 11.4 Å². The monoisotopic (exact) mass is 207 g/mol. The van der Waals surface area contributed by atoms with Gasteiger partial charge in [-0.05, 0) is 18.2 Å². The molecule has 0 saturated carbocycles. The van der Waals surface area contributed by atoms with E-state index in [0.29, 0.717) is 12.3 Å². The van der Waals surface area contributed by atoms with Crippen LogP contribution in [0, 0.1) is 5.82 Å². The van der Waals surface area contributed by atoms with Crippen molar-refractivity contribution >= 4 is 6.21 Å². The maximum absolute atomic E-state index is 12.5. The highest BCUT2D eigenvalue weighted by atomic mass is 19.4. The van der Waals surface area contributed by atoms with Crippen LogP contribution in [0.25, 0.3) is 0 Å². The molecule has 0 spiro atoms. The summed E-state index contributed by atoms with van der Waals surface area (Å²) in [6, 6.07) is 2.08. The molecule has 0 amide bonds. The number of oxime groups is 1. The Labute approximate surface area is 76.5 Å². The molecule has 0 aliphatic rings. The molecule has 0 radical (unpaired) electrons. The van der Waals surface area contributed by atoms with Crippen LogP contribution in [0.4, 0.5) is 17.6 Å². The zero-order chi connectivity index (χ0) is 10.8. The molecule has 0 heterocycles. The number of alkyl halides is 3. The van der Waals surface area contributed by atoms with Crippen molar-refractivity contribution in [1.29, 1.82) is 0 Å². The third-order valence-electron chi connectivity index (χ3n) is 1.52. The van der Waals surface area contributed by atoms with E-state index >= 15 is 0 Å². The van der Waals surface area contributed by atoms with Gasteiger partial charge in [-0.25, -0.2) is 4.39 Å². The maximum Gasteiger partial charge on any atom is 0.417 e. The van der Waals surface area contributed by atoms with Gasteiger partial charge in [0.2, 0.25) is 0 Å². The number of hydrogen-bond donors (Lipinski definition) is 1. The molecule has 0 unspecified atom stereocenters. The predicted molar refractivity (Wildman–Crippen MR) is 40.8 cm³/mol. The second kappa shape index (κ2) is 3.65. The lowest BCUT2D eigenvalue weighted by atomic mass is 10.1. The standard InChI is InChI=1S/C8H5F4NO/c9-6-2-1-5(4-13-14)7(3-6)8(10,11)12/h1-4,14H/b13-4+. The summed E-state index contributed by atoms with van der Waals surface area (Å²) in [5.74, 6) is -0.993. The van der Waals surface area contributed by atoms with E-state index in [4.69, 9.17) is 5.21 Å². The van der Waals surface area contributed by atoms with E-state index in [2.05, 4.69) is 5.16 Å². The molecule has 0 atom stereocenters. The first-order valence-corrected chi connectivity index (χ1v) is 3.49. The minimum Gasteiger partial charge on any atom is -0.411 e. The third-order valence-corrected chi connectivity index (χ3v) is 1.52.